The average molecular weight is 319 g/mol. The highest BCUT2D eigenvalue weighted by molar-refractivity contribution is 5.82. The van der Waals surface area contributed by atoms with E-state index in [9.17, 15) is 9.59 Å². The van der Waals surface area contributed by atoms with Crippen LogP contribution in [0.3, 0.4) is 0 Å². The van der Waals surface area contributed by atoms with Crippen LogP contribution in [0.5, 0.6) is 0 Å². The van der Waals surface area contributed by atoms with Gasteiger partial charge in [0.25, 0.3) is 0 Å². The Bertz CT molecular complexity index is 553. The minimum absolute atomic E-state index is 0.0295. The number of rotatable bonds is 5. The number of carboxylic acid groups (broad SMARTS) is 1. The molecule has 1 aromatic rings. The van der Waals surface area contributed by atoms with Crippen LogP contribution >= 0.6 is 0 Å². The molecular formula is C18H25NO4. The SMILES string of the molecule is CC(C)(C)c1ccc(C(CC(=O)O)NC(=O)[C@@H]2CCCO2)cc1. The average Bonchev–Trinajstić information content (AvgIpc) is 2.99. The molecular weight excluding hydrogens is 294 g/mol. The highest BCUT2D eigenvalue weighted by Gasteiger charge is 2.27. The molecule has 1 unspecified atom stereocenters. The van der Waals surface area contributed by atoms with Gasteiger partial charge >= 0.3 is 5.97 Å². The molecule has 0 aliphatic carbocycles. The molecule has 1 fully saturated rings. The molecule has 0 aromatic heterocycles. The van der Waals surface area contributed by atoms with Gasteiger partial charge in [0.2, 0.25) is 5.91 Å². The van der Waals surface area contributed by atoms with Crippen LogP contribution in [0.4, 0.5) is 0 Å². The smallest absolute Gasteiger partial charge is 0.305 e. The molecule has 1 amide bonds. The Hall–Kier alpha value is -1.88. The fourth-order valence-corrected chi connectivity index (χ4v) is 2.69. The fourth-order valence-electron chi connectivity index (χ4n) is 2.69. The number of carboxylic acids is 1. The lowest BCUT2D eigenvalue weighted by Gasteiger charge is -2.22. The van der Waals surface area contributed by atoms with Crippen LogP contribution in [-0.4, -0.2) is 29.7 Å². The molecule has 126 valence electrons. The summed E-state index contributed by atoms with van der Waals surface area (Å²) in [5.74, 6) is -1.17. The summed E-state index contributed by atoms with van der Waals surface area (Å²) in [6.45, 7) is 6.95. The van der Waals surface area contributed by atoms with Crippen molar-refractivity contribution >= 4 is 11.9 Å². The van der Waals surface area contributed by atoms with Crippen molar-refractivity contribution in [3.8, 4) is 0 Å². The molecule has 1 aromatic carbocycles. The summed E-state index contributed by atoms with van der Waals surface area (Å²) in [6, 6.07) is 7.22. The number of carbonyl (C=O) groups excluding carboxylic acids is 1. The maximum atomic E-state index is 12.2. The molecule has 5 heteroatoms. The van der Waals surface area contributed by atoms with Crippen LogP contribution in [0.2, 0.25) is 0 Å². The van der Waals surface area contributed by atoms with Crippen molar-refractivity contribution in [3.05, 3.63) is 35.4 Å². The van der Waals surface area contributed by atoms with Crippen molar-refractivity contribution in [2.45, 2.75) is 57.6 Å². The second kappa shape index (κ2) is 7.13. The van der Waals surface area contributed by atoms with E-state index in [1.54, 1.807) is 0 Å². The van der Waals surface area contributed by atoms with E-state index in [1.807, 2.05) is 24.3 Å². The van der Waals surface area contributed by atoms with Crippen LogP contribution in [-0.2, 0) is 19.7 Å². The second-order valence-corrected chi connectivity index (χ2v) is 7.03. The molecule has 1 saturated heterocycles. The van der Waals surface area contributed by atoms with Crippen molar-refractivity contribution in [1.29, 1.82) is 0 Å². The van der Waals surface area contributed by atoms with Crippen LogP contribution in [0, 0.1) is 0 Å². The number of carbonyl (C=O) groups is 2. The van der Waals surface area contributed by atoms with E-state index in [4.69, 9.17) is 9.84 Å². The maximum absolute atomic E-state index is 12.2. The van der Waals surface area contributed by atoms with E-state index in [0.29, 0.717) is 13.0 Å². The number of nitrogens with one attached hydrogen (secondary N) is 1. The van der Waals surface area contributed by atoms with Crippen molar-refractivity contribution in [2.24, 2.45) is 0 Å². The Morgan fingerprint density at radius 3 is 2.43 bits per heavy atom. The predicted octanol–water partition coefficient (Wildman–Crippen LogP) is 2.80. The number of benzene rings is 1. The summed E-state index contributed by atoms with van der Waals surface area (Å²) in [5, 5.41) is 11.9. The first-order valence-corrected chi connectivity index (χ1v) is 8.01. The summed E-state index contributed by atoms with van der Waals surface area (Å²) in [4.78, 5) is 23.3. The van der Waals surface area contributed by atoms with Crippen molar-refractivity contribution < 1.29 is 19.4 Å². The highest BCUT2D eigenvalue weighted by atomic mass is 16.5. The van der Waals surface area contributed by atoms with Crippen molar-refractivity contribution in [1.82, 2.24) is 5.32 Å². The number of hydrogen-bond donors (Lipinski definition) is 2. The normalized spacial score (nSPS) is 19.3. The Labute approximate surface area is 137 Å². The Kier molecular flexibility index (Phi) is 5.42. The van der Waals surface area contributed by atoms with E-state index >= 15 is 0 Å². The van der Waals surface area contributed by atoms with Gasteiger partial charge in [-0.1, -0.05) is 45.0 Å². The third-order valence-electron chi connectivity index (χ3n) is 4.10. The van der Waals surface area contributed by atoms with Gasteiger partial charge in [-0.05, 0) is 29.4 Å². The van der Waals surface area contributed by atoms with Crippen LogP contribution in [0.25, 0.3) is 0 Å². The van der Waals surface area contributed by atoms with E-state index in [-0.39, 0.29) is 17.7 Å². The molecule has 0 saturated carbocycles. The lowest BCUT2D eigenvalue weighted by atomic mass is 9.86. The van der Waals surface area contributed by atoms with Gasteiger partial charge in [-0.2, -0.15) is 0 Å². The highest BCUT2D eigenvalue weighted by Crippen LogP contribution is 2.25. The zero-order valence-electron chi connectivity index (χ0n) is 14.0. The monoisotopic (exact) mass is 319 g/mol. The van der Waals surface area contributed by atoms with Crippen LogP contribution < -0.4 is 5.32 Å². The summed E-state index contributed by atoms with van der Waals surface area (Å²) in [5.41, 5.74) is 1.99. The van der Waals surface area contributed by atoms with Crippen molar-refractivity contribution in [3.63, 3.8) is 0 Å². The first-order chi connectivity index (χ1) is 10.8. The summed E-state index contributed by atoms with van der Waals surface area (Å²) in [6.07, 6.45) is 0.948. The number of ether oxygens (including phenoxy) is 1. The molecule has 23 heavy (non-hydrogen) atoms. The third kappa shape index (κ3) is 4.79. The molecule has 1 aliphatic rings. The van der Waals surface area contributed by atoms with Gasteiger partial charge in [0.05, 0.1) is 12.5 Å². The Morgan fingerprint density at radius 2 is 1.96 bits per heavy atom. The molecule has 0 radical (unpaired) electrons. The fraction of sp³-hybridized carbons (Fsp3) is 0.556. The minimum Gasteiger partial charge on any atom is -0.481 e. The number of hydrogen-bond acceptors (Lipinski definition) is 3. The zero-order valence-corrected chi connectivity index (χ0v) is 14.0. The molecule has 2 rings (SSSR count). The van der Waals surface area contributed by atoms with E-state index in [2.05, 4.69) is 26.1 Å². The van der Waals surface area contributed by atoms with E-state index < -0.39 is 18.1 Å². The summed E-state index contributed by atoms with van der Waals surface area (Å²) in [7, 11) is 0. The molecule has 2 N–H and O–H groups in total. The van der Waals surface area contributed by atoms with Crippen molar-refractivity contribution in [2.75, 3.05) is 6.61 Å². The molecule has 5 nitrogen and oxygen atoms in total. The van der Waals surface area contributed by atoms with Gasteiger partial charge in [0.15, 0.2) is 0 Å². The second-order valence-electron chi connectivity index (χ2n) is 7.03. The third-order valence-corrected chi connectivity index (χ3v) is 4.10. The summed E-state index contributed by atoms with van der Waals surface area (Å²) < 4.78 is 5.36. The lowest BCUT2D eigenvalue weighted by molar-refractivity contribution is -0.138. The van der Waals surface area contributed by atoms with Gasteiger partial charge in [0, 0.05) is 6.61 Å². The molecule has 1 heterocycles. The lowest BCUT2D eigenvalue weighted by Crippen LogP contribution is -2.37. The van der Waals surface area contributed by atoms with E-state index in [1.165, 1.54) is 5.56 Å². The topological polar surface area (TPSA) is 75.6 Å². The maximum Gasteiger partial charge on any atom is 0.305 e. The number of aliphatic carboxylic acids is 1. The molecule has 1 aliphatic heterocycles. The van der Waals surface area contributed by atoms with Gasteiger partial charge in [-0.25, -0.2) is 0 Å². The predicted molar refractivity (Wildman–Crippen MR) is 87.3 cm³/mol. The number of amides is 1. The standard InChI is InChI=1S/C18H25NO4/c1-18(2,3)13-8-6-12(7-9-13)14(11-16(20)21)19-17(22)15-5-4-10-23-15/h6-9,14-15H,4-5,10-11H2,1-3H3,(H,19,22)(H,20,21)/t14?,15-/m0/s1. The quantitative estimate of drug-likeness (QED) is 0.875. The Balaban J connectivity index is 2.14. The van der Waals surface area contributed by atoms with Crippen LogP contribution in [0.15, 0.2) is 24.3 Å². The zero-order chi connectivity index (χ0) is 17.0. The molecule has 0 bridgehead atoms. The van der Waals surface area contributed by atoms with Gasteiger partial charge in [-0.3, -0.25) is 9.59 Å². The first kappa shape index (κ1) is 17.5. The van der Waals surface area contributed by atoms with Gasteiger partial charge in [0.1, 0.15) is 6.10 Å². The van der Waals surface area contributed by atoms with Crippen LogP contribution in [0.1, 0.15) is 57.2 Å². The Morgan fingerprint density at radius 1 is 1.30 bits per heavy atom. The first-order valence-electron chi connectivity index (χ1n) is 8.01. The minimum atomic E-state index is -0.942. The summed E-state index contributed by atoms with van der Waals surface area (Å²) >= 11 is 0. The molecule has 0 spiro atoms. The van der Waals surface area contributed by atoms with Gasteiger partial charge < -0.3 is 15.2 Å². The largest absolute Gasteiger partial charge is 0.481 e. The van der Waals surface area contributed by atoms with E-state index in [0.717, 1.165) is 12.0 Å². The molecule has 2 atom stereocenters. The van der Waals surface area contributed by atoms with Gasteiger partial charge in [-0.15, -0.1) is 0 Å².